The molecule has 2 atom stereocenters. The maximum atomic E-state index is 11.8. The maximum Gasteiger partial charge on any atom is 0.251 e. The molecule has 1 aliphatic rings. The van der Waals surface area contributed by atoms with E-state index < -0.39 is 0 Å². The molecule has 17 heavy (non-hydrogen) atoms. The van der Waals surface area contributed by atoms with Crippen molar-refractivity contribution in [3.8, 4) is 0 Å². The fraction of sp³-hybridized carbons (Fsp3) is 0.917. The molecule has 0 radical (unpaired) electrons. The smallest absolute Gasteiger partial charge is 0.251 e. The first-order chi connectivity index (χ1) is 8.01. The van der Waals surface area contributed by atoms with E-state index in [0.717, 1.165) is 26.2 Å². The molecule has 1 rings (SSSR count). The average molecular weight is 242 g/mol. The fourth-order valence-corrected chi connectivity index (χ4v) is 2.72. The molecule has 0 saturated carbocycles. The second-order valence-electron chi connectivity index (χ2n) is 5.17. The maximum absolute atomic E-state index is 11.8. The van der Waals surface area contributed by atoms with Gasteiger partial charge in [-0.3, -0.25) is 20.0 Å². The zero-order valence-corrected chi connectivity index (χ0v) is 11.4. The van der Waals surface area contributed by atoms with Crippen LogP contribution in [-0.4, -0.2) is 54.0 Å². The van der Waals surface area contributed by atoms with Gasteiger partial charge in [-0.1, -0.05) is 20.8 Å². The minimum atomic E-state index is -0.110. The van der Waals surface area contributed by atoms with Crippen LogP contribution in [0.2, 0.25) is 0 Å². The van der Waals surface area contributed by atoms with Crippen LogP contribution in [0.5, 0.6) is 0 Å². The Hall–Kier alpha value is -0.650. The van der Waals surface area contributed by atoms with Gasteiger partial charge in [-0.15, -0.1) is 0 Å². The summed E-state index contributed by atoms with van der Waals surface area (Å²) in [6, 6.07) is 0.391. The Balaban J connectivity index is 2.68. The molecule has 2 unspecified atom stereocenters. The molecule has 0 aromatic rings. The van der Waals surface area contributed by atoms with E-state index in [2.05, 4.69) is 42.9 Å². The van der Waals surface area contributed by atoms with Gasteiger partial charge in [-0.2, -0.15) is 0 Å². The molecule has 0 bridgehead atoms. The summed E-state index contributed by atoms with van der Waals surface area (Å²) in [4.78, 5) is 16.5. The van der Waals surface area contributed by atoms with Gasteiger partial charge in [0.2, 0.25) is 0 Å². The van der Waals surface area contributed by atoms with E-state index in [1.54, 1.807) is 0 Å². The molecule has 1 heterocycles. The predicted octanol–water partition coefficient (Wildman–Crippen LogP) is 0.0269. The van der Waals surface area contributed by atoms with Crippen LogP contribution in [0.15, 0.2) is 0 Å². The summed E-state index contributed by atoms with van der Waals surface area (Å²) < 4.78 is 0. The van der Waals surface area contributed by atoms with Gasteiger partial charge < -0.3 is 0 Å². The van der Waals surface area contributed by atoms with E-state index >= 15 is 0 Å². The molecule has 1 saturated heterocycles. The monoisotopic (exact) mass is 242 g/mol. The second kappa shape index (κ2) is 6.33. The number of rotatable bonds is 4. The summed E-state index contributed by atoms with van der Waals surface area (Å²) in [5.74, 6) is 5.47. The Morgan fingerprint density at radius 2 is 2.12 bits per heavy atom. The lowest BCUT2D eigenvalue weighted by Gasteiger charge is -2.43. The first-order valence-corrected chi connectivity index (χ1v) is 6.49. The third-order valence-electron chi connectivity index (χ3n) is 3.64. The average Bonchev–Trinajstić information content (AvgIpc) is 2.28. The van der Waals surface area contributed by atoms with Crippen molar-refractivity contribution in [3.05, 3.63) is 0 Å². The van der Waals surface area contributed by atoms with Crippen LogP contribution in [0.4, 0.5) is 0 Å². The van der Waals surface area contributed by atoms with Gasteiger partial charge in [0.05, 0.1) is 6.04 Å². The van der Waals surface area contributed by atoms with E-state index in [0.29, 0.717) is 6.04 Å². The van der Waals surface area contributed by atoms with Crippen LogP contribution in [0, 0.1) is 5.92 Å². The van der Waals surface area contributed by atoms with Crippen LogP contribution in [0.1, 0.15) is 27.7 Å². The van der Waals surface area contributed by atoms with Crippen molar-refractivity contribution >= 4 is 5.91 Å². The first-order valence-electron chi connectivity index (χ1n) is 6.49. The van der Waals surface area contributed by atoms with Crippen molar-refractivity contribution in [2.75, 3.05) is 26.2 Å². The van der Waals surface area contributed by atoms with Crippen LogP contribution in [0.3, 0.4) is 0 Å². The van der Waals surface area contributed by atoms with Crippen LogP contribution >= 0.6 is 0 Å². The number of nitrogens with zero attached hydrogens (tertiary/aromatic N) is 2. The summed E-state index contributed by atoms with van der Waals surface area (Å²) in [5.41, 5.74) is 2.29. The number of hydrazine groups is 1. The summed E-state index contributed by atoms with van der Waals surface area (Å²) >= 11 is 0. The number of carbonyl (C=O) groups is 1. The normalized spacial score (nSPS) is 24.9. The van der Waals surface area contributed by atoms with Crippen LogP contribution in [0.25, 0.3) is 0 Å². The number of nitrogens with one attached hydrogen (secondary N) is 1. The molecule has 0 spiro atoms. The molecule has 1 fully saturated rings. The van der Waals surface area contributed by atoms with Crippen LogP contribution in [-0.2, 0) is 4.79 Å². The SMILES string of the molecule is CCN1CCN(C(C(=O)NN)C(C)C)CC1C. The van der Waals surface area contributed by atoms with Gasteiger partial charge in [0, 0.05) is 25.7 Å². The van der Waals surface area contributed by atoms with Gasteiger partial charge in [-0.25, -0.2) is 5.84 Å². The Bertz CT molecular complexity index is 257. The molecule has 0 aliphatic carbocycles. The lowest BCUT2D eigenvalue weighted by molar-refractivity contribution is -0.129. The third-order valence-corrected chi connectivity index (χ3v) is 3.64. The molecule has 100 valence electrons. The molecular weight excluding hydrogens is 216 g/mol. The quantitative estimate of drug-likeness (QED) is 0.415. The van der Waals surface area contributed by atoms with Crippen molar-refractivity contribution in [2.24, 2.45) is 11.8 Å². The molecule has 0 aromatic heterocycles. The number of likely N-dealkylation sites (N-methyl/N-ethyl adjacent to an activating group) is 1. The topological polar surface area (TPSA) is 61.6 Å². The van der Waals surface area contributed by atoms with E-state index in [-0.39, 0.29) is 17.9 Å². The molecule has 1 amide bonds. The van der Waals surface area contributed by atoms with E-state index in [9.17, 15) is 4.79 Å². The largest absolute Gasteiger partial charge is 0.298 e. The lowest BCUT2D eigenvalue weighted by Crippen LogP contribution is -2.60. The number of amides is 1. The summed E-state index contributed by atoms with van der Waals surface area (Å²) in [6.07, 6.45) is 0. The van der Waals surface area contributed by atoms with E-state index in [1.165, 1.54) is 0 Å². The van der Waals surface area contributed by atoms with Crippen molar-refractivity contribution in [1.82, 2.24) is 15.2 Å². The molecule has 1 aliphatic heterocycles. The Kier molecular flexibility index (Phi) is 5.36. The van der Waals surface area contributed by atoms with Gasteiger partial charge in [-0.05, 0) is 19.4 Å². The van der Waals surface area contributed by atoms with Crippen molar-refractivity contribution in [2.45, 2.75) is 39.8 Å². The number of hydrogen-bond donors (Lipinski definition) is 2. The fourth-order valence-electron chi connectivity index (χ4n) is 2.72. The van der Waals surface area contributed by atoms with E-state index in [1.807, 2.05) is 0 Å². The number of hydrogen-bond acceptors (Lipinski definition) is 4. The Morgan fingerprint density at radius 1 is 1.47 bits per heavy atom. The zero-order chi connectivity index (χ0) is 13.0. The second-order valence-corrected chi connectivity index (χ2v) is 5.17. The van der Waals surface area contributed by atoms with Gasteiger partial charge in [0.1, 0.15) is 0 Å². The highest BCUT2D eigenvalue weighted by atomic mass is 16.2. The highest BCUT2D eigenvalue weighted by molar-refractivity contribution is 5.81. The molecular formula is C12H26N4O. The predicted molar refractivity (Wildman–Crippen MR) is 69.2 cm³/mol. The Morgan fingerprint density at radius 3 is 2.53 bits per heavy atom. The zero-order valence-electron chi connectivity index (χ0n) is 11.4. The van der Waals surface area contributed by atoms with Gasteiger partial charge >= 0.3 is 0 Å². The number of nitrogens with two attached hydrogens (primary N) is 1. The van der Waals surface area contributed by atoms with E-state index in [4.69, 9.17) is 5.84 Å². The minimum absolute atomic E-state index is 0.0721. The highest BCUT2D eigenvalue weighted by Gasteiger charge is 2.33. The summed E-state index contributed by atoms with van der Waals surface area (Å²) in [6.45, 7) is 12.5. The molecule has 3 N–H and O–H groups in total. The minimum Gasteiger partial charge on any atom is -0.298 e. The van der Waals surface area contributed by atoms with Crippen molar-refractivity contribution in [1.29, 1.82) is 0 Å². The van der Waals surface area contributed by atoms with Gasteiger partial charge in [0.15, 0.2) is 0 Å². The highest BCUT2D eigenvalue weighted by Crippen LogP contribution is 2.17. The van der Waals surface area contributed by atoms with Crippen LogP contribution < -0.4 is 11.3 Å². The van der Waals surface area contributed by atoms with Crippen molar-refractivity contribution < 1.29 is 4.79 Å². The summed E-state index contributed by atoms with van der Waals surface area (Å²) in [5, 5.41) is 0. The summed E-state index contributed by atoms with van der Waals surface area (Å²) in [7, 11) is 0. The molecule has 5 heteroatoms. The molecule has 5 nitrogen and oxygen atoms in total. The lowest BCUT2D eigenvalue weighted by atomic mass is 9.99. The molecule has 0 aromatic carbocycles. The first kappa shape index (κ1) is 14.4. The van der Waals surface area contributed by atoms with Gasteiger partial charge in [0.25, 0.3) is 5.91 Å². The van der Waals surface area contributed by atoms with Crippen molar-refractivity contribution in [3.63, 3.8) is 0 Å². The Labute approximate surface area is 104 Å². The number of piperazine rings is 1. The number of carbonyl (C=O) groups excluding carboxylic acids is 1. The standard InChI is InChI=1S/C12H26N4O/c1-5-15-6-7-16(8-10(15)4)11(9(2)3)12(17)14-13/h9-11H,5-8,13H2,1-4H3,(H,14,17). The third kappa shape index (κ3) is 3.40.